The lowest BCUT2D eigenvalue weighted by molar-refractivity contribution is 0.206. The zero-order valence-electron chi connectivity index (χ0n) is 12.7. The van der Waals surface area contributed by atoms with Gasteiger partial charge in [0.15, 0.2) is 0 Å². The second kappa shape index (κ2) is 7.25. The van der Waals surface area contributed by atoms with Crippen molar-refractivity contribution in [1.29, 1.82) is 0 Å². The Balaban J connectivity index is 2.13. The molecule has 21 heavy (non-hydrogen) atoms. The number of ether oxygens (including phenoxy) is 1. The average Bonchev–Trinajstić information content (AvgIpc) is 2.52. The maximum Gasteiger partial charge on any atom is 0.122 e. The Morgan fingerprint density at radius 3 is 2.43 bits per heavy atom. The first-order chi connectivity index (χ1) is 10.1. The summed E-state index contributed by atoms with van der Waals surface area (Å²) in [7, 11) is 0. The van der Waals surface area contributed by atoms with Crippen molar-refractivity contribution in [1.82, 2.24) is 0 Å². The zero-order valence-corrected chi connectivity index (χ0v) is 12.7. The van der Waals surface area contributed by atoms with Gasteiger partial charge in [0.2, 0.25) is 0 Å². The molecule has 0 spiro atoms. The smallest absolute Gasteiger partial charge is 0.122 e. The van der Waals surface area contributed by atoms with Gasteiger partial charge in [-0.25, -0.2) is 0 Å². The summed E-state index contributed by atoms with van der Waals surface area (Å²) in [4.78, 5) is 0. The van der Waals surface area contributed by atoms with Gasteiger partial charge in [-0.15, -0.1) is 0 Å². The Kier molecular flexibility index (Phi) is 5.37. The van der Waals surface area contributed by atoms with Gasteiger partial charge in [0.25, 0.3) is 0 Å². The van der Waals surface area contributed by atoms with Gasteiger partial charge < -0.3 is 15.6 Å². The highest BCUT2D eigenvalue weighted by Crippen LogP contribution is 2.26. The van der Waals surface area contributed by atoms with E-state index in [0.29, 0.717) is 6.61 Å². The summed E-state index contributed by atoms with van der Waals surface area (Å²) in [5.74, 6) is 0.841. The summed E-state index contributed by atoms with van der Waals surface area (Å²) < 4.78 is 5.69. The van der Waals surface area contributed by atoms with Crippen molar-refractivity contribution in [3.05, 3.63) is 64.7 Å². The van der Waals surface area contributed by atoms with E-state index in [4.69, 9.17) is 15.6 Å². The van der Waals surface area contributed by atoms with Crippen molar-refractivity contribution >= 4 is 0 Å². The van der Waals surface area contributed by atoms with Gasteiger partial charge in [0.05, 0.1) is 12.6 Å². The third-order valence-corrected chi connectivity index (χ3v) is 3.77. The molecule has 0 amide bonds. The standard InChI is InChI=1S/C18H23NO2/c1-13-14(2)18(21-12-17(19)11-20)9-8-16(13)10-15-6-4-3-5-7-15/h3-9,17,20H,10-12,19H2,1-2H3. The fraction of sp³-hybridized carbons (Fsp3) is 0.333. The van der Waals surface area contributed by atoms with Gasteiger partial charge in [-0.2, -0.15) is 0 Å². The highest BCUT2D eigenvalue weighted by Gasteiger charge is 2.09. The lowest BCUT2D eigenvalue weighted by Crippen LogP contribution is -2.31. The Morgan fingerprint density at radius 2 is 1.76 bits per heavy atom. The van der Waals surface area contributed by atoms with Gasteiger partial charge >= 0.3 is 0 Å². The van der Waals surface area contributed by atoms with Crippen molar-refractivity contribution in [2.24, 2.45) is 5.73 Å². The zero-order chi connectivity index (χ0) is 15.2. The highest BCUT2D eigenvalue weighted by atomic mass is 16.5. The normalized spacial score (nSPS) is 12.2. The Labute approximate surface area is 126 Å². The molecule has 112 valence electrons. The number of aliphatic hydroxyl groups excluding tert-OH is 1. The molecule has 1 atom stereocenters. The van der Waals surface area contributed by atoms with Crippen LogP contribution in [0.3, 0.4) is 0 Å². The van der Waals surface area contributed by atoms with Gasteiger partial charge in [0, 0.05) is 0 Å². The lowest BCUT2D eigenvalue weighted by atomic mass is 9.97. The molecule has 0 saturated heterocycles. The molecule has 0 bridgehead atoms. The predicted octanol–water partition coefficient (Wildman–Crippen LogP) is 2.59. The minimum atomic E-state index is -0.339. The third kappa shape index (κ3) is 4.06. The van der Waals surface area contributed by atoms with Crippen LogP contribution < -0.4 is 10.5 Å². The minimum absolute atomic E-state index is 0.0654. The molecule has 0 aliphatic carbocycles. The predicted molar refractivity (Wildman–Crippen MR) is 85.7 cm³/mol. The van der Waals surface area contributed by atoms with E-state index in [-0.39, 0.29) is 12.6 Å². The van der Waals surface area contributed by atoms with E-state index < -0.39 is 0 Å². The molecule has 0 aliphatic heterocycles. The van der Waals surface area contributed by atoms with E-state index in [1.807, 2.05) is 12.1 Å². The van der Waals surface area contributed by atoms with E-state index in [1.165, 1.54) is 16.7 Å². The van der Waals surface area contributed by atoms with Crippen molar-refractivity contribution < 1.29 is 9.84 Å². The first-order valence-electron chi connectivity index (χ1n) is 7.24. The summed E-state index contributed by atoms with van der Waals surface area (Å²) in [6.45, 7) is 4.44. The molecule has 1 unspecified atom stereocenters. The number of hydrogen-bond acceptors (Lipinski definition) is 3. The molecular weight excluding hydrogens is 262 g/mol. The maximum atomic E-state index is 8.94. The maximum absolute atomic E-state index is 8.94. The fourth-order valence-electron chi connectivity index (χ4n) is 2.27. The van der Waals surface area contributed by atoms with Gasteiger partial charge in [-0.3, -0.25) is 0 Å². The van der Waals surface area contributed by atoms with Crippen LogP contribution in [0.1, 0.15) is 22.3 Å². The van der Waals surface area contributed by atoms with Crippen LogP contribution in [0.4, 0.5) is 0 Å². The molecule has 3 heteroatoms. The van der Waals surface area contributed by atoms with E-state index >= 15 is 0 Å². The minimum Gasteiger partial charge on any atom is -0.492 e. The Hall–Kier alpha value is -1.84. The Morgan fingerprint density at radius 1 is 1.05 bits per heavy atom. The molecule has 0 fully saturated rings. The molecule has 2 aromatic rings. The molecular formula is C18H23NO2. The monoisotopic (exact) mass is 285 g/mol. The van der Waals surface area contributed by atoms with Crippen LogP contribution in [0.5, 0.6) is 5.75 Å². The molecule has 2 aromatic carbocycles. The van der Waals surface area contributed by atoms with Gasteiger partial charge in [-0.1, -0.05) is 36.4 Å². The number of nitrogens with two attached hydrogens (primary N) is 1. The van der Waals surface area contributed by atoms with Crippen molar-refractivity contribution in [3.63, 3.8) is 0 Å². The molecule has 2 rings (SSSR count). The van der Waals surface area contributed by atoms with Gasteiger partial charge in [-0.05, 0) is 48.6 Å². The molecule has 0 radical (unpaired) electrons. The Bertz CT molecular complexity index is 581. The molecule has 3 N–H and O–H groups in total. The average molecular weight is 285 g/mol. The van der Waals surface area contributed by atoms with Crippen molar-refractivity contribution in [3.8, 4) is 5.75 Å². The summed E-state index contributed by atoms with van der Waals surface area (Å²) in [6, 6.07) is 14.2. The highest BCUT2D eigenvalue weighted by molar-refractivity contribution is 5.45. The fourth-order valence-corrected chi connectivity index (χ4v) is 2.27. The van der Waals surface area contributed by atoms with E-state index in [1.54, 1.807) is 0 Å². The molecule has 0 aliphatic rings. The van der Waals surface area contributed by atoms with Crippen LogP contribution in [0.2, 0.25) is 0 Å². The van der Waals surface area contributed by atoms with Gasteiger partial charge in [0.1, 0.15) is 12.4 Å². The van der Waals surface area contributed by atoms with Crippen molar-refractivity contribution in [2.75, 3.05) is 13.2 Å². The first kappa shape index (κ1) is 15.5. The second-order valence-corrected chi connectivity index (χ2v) is 5.39. The largest absolute Gasteiger partial charge is 0.492 e. The number of hydrogen-bond donors (Lipinski definition) is 2. The van der Waals surface area contributed by atoms with Crippen molar-refractivity contribution in [2.45, 2.75) is 26.3 Å². The van der Waals surface area contributed by atoms with Crippen LogP contribution >= 0.6 is 0 Å². The number of benzene rings is 2. The van der Waals surface area contributed by atoms with Crippen LogP contribution in [0.25, 0.3) is 0 Å². The second-order valence-electron chi connectivity index (χ2n) is 5.39. The number of aliphatic hydroxyl groups is 1. The topological polar surface area (TPSA) is 55.5 Å². The van der Waals surface area contributed by atoms with E-state index in [0.717, 1.165) is 17.7 Å². The first-order valence-corrected chi connectivity index (χ1v) is 7.24. The van der Waals surface area contributed by atoms with Crippen LogP contribution in [0.15, 0.2) is 42.5 Å². The summed E-state index contributed by atoms with van der Waals surface area (Å²) in [6.07, 6.45) is 0.921. The lowest BCUT2D eigenvalue weighted by Gasteiger charge is -2.16. The SMILES string of the molecule is Cc1c(Cc2ccccc2)ccc(OCC(N)CO)c1C. The number of rotatable bonds is 6. The van der Waals surface area contributed by atoms with Crippen LogP contribution in [-0.2, 0) is 6.42 Å². The molecule has 3 nitrogen and oxygen atoms in total. The molecule has 0 saturated carbocycles. The summed E-state index contributed by atoms with van der Waals surface area (Å²) in [5.41, 5.74) is 10.6. The van der Waals surface area contributed by atoms with Crippen LogP contribution in [0, 0.1) is 13.8 Å². The third-order valence-electron chi connectivity index (χ3n) is 3.77. The summed E-state index contributed by atoms with van der Waals surface area (Å²) in [5, 5.41) is 8.94. The van der Waals surface area contributed by atoms with Crippen LogP contribution in [-0.4, -0.2) is 24.4 Å². The summed E-state index contributed by atoms with van der Waals surface area (Å²) >= 11 is 0. The van der Waals surface area contributed by atoms with E-state index in [2.05, 4.69) is 44.2 Å². The quantitative estimate of drug-likeness (QED) is 0.857. The van der Waals surface area contributed by atoms with E-state index in [9.17, 15) is 0 Å². The molecule has 0 heterocycles. The molecule has 0 aromatic heterocycles.